The third-order valence-electron chi connectivity index (χ3n) is 4.54. The second-order valence-corrected chi connectivity index (χ2v) is 6.04. The van der Waals surface area contributed by atoms with Crippen LogP contribution in [0.4, 0.5) is 5.69 Å². The van der Waals surface area contributed by atoms with Crippen LogP contribution in [0.1, 0.15) is 41.3 Å². The Labute approximate surface area is 134 Å². The number of benzene rings is 1. The van der Waals surface area contributed by atoms with Gasteiger partial charge < -0.3 is 10.0 Å². The van der Waals surface area contributed by atoms with Crippen molar-refractivity contribution in [3.8, 4) is 0 Å². The van der Waals surface area contributed by atoms with Crippen molar-refractivity contribution in [2.45, 2.75) is 39.7 Å². The number of nitro benzene ring substituents is 1. The zero-order chi connectivity index (χ0) is 17.3. The van der Waals surface area contributed by atoms with Gasteiger partial charge in [-0.15, -0.1) is 0 Å². The predicted molar refractivity (Wildman–Crippen MR) is 83.4 cm³/mol. The minimum atomic E-state index is -0.915. The number of nitro groups is 1. The molecule has 0 bridgehead atoms. The highest BCUT2D eigenvalue weighted by molar-refractivity contribution is 5.97. The molecule has 1 aliphatic heterocycles. The van der Waals surface area contributed by atoms with Gasteiger partial charge >= 0.3 is 5.97 Å². The molecular weight excluding hydrogens is 300 g/mol. The zero-order valence-corrected chi connectivity index (χ0v) is 13.4. The average molecular weight is 320 g/mol. The van der Waals surface area contributed by atoms with Crippen molar-refractivity contribution in [2.75, 3.05) is 6.54 Å². The highest BCUT2D eigenvalue weighted by atomic mass is 16.6. The molecule has 1 fully saturated rings. The SMILES string of the molecule is Cc1cc(C)c([N+](=O)[O-])cc1C(=O)N1CCC[C@@H](C(=O)O)[C@H]1C. The summed E-state index contributed by atoms with van der Waals surface area (Å²) >= 11 is 0. The molecule has 1 N–H and O–H groups in total. The van der Waals surface area contributed by atoms with Crippen molar-refractivity contribution in [2.24, 2.45) is 5.92 Å². The molecule has 2 rings (SSSR count). The summed E-state index contributed by atoms with van der Waals surface area (Å²) in [6.45, 7) is 5.54. The Morgan fingerprint density at radius 3 is 2.52 bits per heavy atom. The van der Waals surface area contributed by atoms with Crippen LogP contribution in [0.2, 0.25) is 0 Å². The Hall–Kier alpha value is -2.44. The number of amides is 1. The first kappa shape index (κ1) is 16.9. The highest BCUT2D eigenvalue weighted by Crippen LogP contribution is 2.28. The predicted octanol–water partition coefficient (Wildman–Crippen LogP) is 2.54. The van der Waals surface area contributed by atoms with E-state index in [0.29, 0.717) is 30.5 Å². The van der Waals surface area contributed by atoms with Gasteiger partial charge in [-0.25, -0.2) is 0 Å². The van der Waals surface area contributed by atoms with E-state index < -0.39 is 22.9 Å². The van der Waals surface area contributed by atoms with Crippen LogP contribution in [0.25, 0.3) is 0 Å². The topological polar surface area (TPSA) is 101 Å². The van der Waals surface area contributed by atoms with E-state index in [9.17, 15) is 24.8 Å². The number of carboxylic acid groups (broad SMARTS) is 1. The second-order valence-electron chi connectivity index (χ2n) is 6.04. The fourth-order valence-electron chi connectivity index (χ4n) is 3.18. The largest absolute Gasteiger partial charge is 0.481 e. The van der Waals surface area contributed by atoms with Crippen LogP contribution in [-0.2, 0) is 4.79 Å². The van der Waals surface area contributed by atoms with Crippen LogP contribution in [0.3, 0.4) is 0 Å². The van der Waals surface area contributed by atoms with Crippen LogP contribution < -0.4 is 0 Å². The summed E-state index contributed by atoms with van der Waals surface area (Å²) in [4.78, 5) is 36.2. The van der Waals surface area contributed by atoms with Gasteiger partial charge in [0.05, 0.1) is 10.8 Å². The lowest BCUT2D eigenvalue weighted by molar-refractivity contribution is -0.385. The molecule has 1 heterocycles. The van der Waals surface area contributed by atoms with Gasteiger partial charge in [0.1, 0.15) is 0 Å². The van der Waals surface area contributed by atoms with Gasteiger partial charge in [-0.2, -0.15) is 0 Å². The molecule has 23 heavy (non-hydrogen) atoms. The summed E-state index contributed by atoms with van der Waals surface area (Å²) in [6, 6.07) is 2.48. The number of piperidine rings is 1. The zero-order valence-electron chi connectivity index (χ0n) is 13.4. The number of aryl methyl sites for hydroxylation is 2. The van der Waals surface area contributed by atoms with Crippen molar-refractivity contribution in [1.82, 2.24) is 4.90 Å². The van der Waals surface area contributed by atoms with Crippen LogP contribution in [0.15, 0.2) is 12.1 Å². The number of hydrogen-bond donors (Lipinski definition) is 1. The number of hydrogen-bond acceptors (Lipinski definition) is 4. The standard InChI is InChI=1S/C16H20N2O5/c1-9-7-10(2)14(18(22)23)8-13(9)15(19)17-6-4-5-12(11(17)3)16(20)21/h7-8,11-12H,4-6H2,1-3H3,(H,20,21)/t11-,12-/m1/s1. The first-order valence-corrected chi connectivity index (χ1v) is 7.53. The molecule has 7 heteroatoms. The van der Waals surface area contributed by atoms with Crippen molar-refractivity contribution in [1.29, 1.82) is 0 Å². The summed E-state index contributed by atoms with van der Waals surface area (Å²) in [5, 5.41) is 20.4. The molecule has 1 aromatic rings. The van der Waals surface area contributed by atoms with Gasteiger partial charge in [0, 0.05) is 29.8 Å². The molecule has 0 aromatic heterocycles. The number of aliphatic carboxylic acids is 1. The Bertz CT molecular complexity index is 671. The van der Waals surface area contributed by atoms with E-state index in [1.165, 1.54) is 11.0 Å². The summed E-state index contributed by atoms with van der Waals surface area (Å²) in [6.07, 6.45) is 1.15. The first-order valence-electron chi connectivity index (χ1n) is 7.53. The van der Waals surface area contributed by atoms with E-state index >= 15 is 0 Å². The van der Waals surface area contributed by atoms with E-state index in [0.717, 1.165) is 0 Å². The number of carboxylic acids is 1. The smallest absolute Gasteiger partial charge is 0.308 e. The maximum atomic E-state index is 12.8. The Balaban J connectivity index is 2.38. The summed E-state index contributed by atoms with van der Waals surface area (Å²) in [5.74, 6) is -1.86. The van der Waals surface area contributed by atoms with Gasteiger partial charge in [-0.3, -0.25) is 19.7 Å². The minimum Gasteiger partial charge on any atom is -0.481 e. The van der Waals surface area contributed by atoms with Crippen molar-refractivity contribution >= 4 is 17.6 Å². The Morgan fingerprint density at radius 1 is 1.30 bits per heavy atom. The highest BCUT2D eigenvalue weighted by Gasteiger charge is 2.36. The average Bonchev–Trinajstić information content (AvgIpc) is 2.46. The van der Waals surface area contributed by atoms with Crippen molar-refractivity contribution in [3.63, 3.8) is 0 Å². The summed E-state index contributed by atoms with van der Waals surface area (Å²) in [7, 11) is 0. The quantitative estimate of drug-likeness (QED) is 0.681. The van der Waals surface area contributed by atoms with Crippen molar-refractivity contribution in [3.05, 3.63) is 38.9 Å². The summed E-state index contributed by atoms with van der Waals surface area (Å²) in [5.41, 5.74) is 1.32. The third kappa shape index (κ3) is 3.18. The fraction of sp³-hybridized carbons (Fsp3) is 0.500. The van der Waals surface area contributed by atoms with Gasteiger partial charge in [0.25, 0.3) is 11.6 Å². The monoisotopic (exact) mass is 320 g/mol. The molecular formula is C16H20N2O5. The second kappa shape index (κ2) is 6.36. The molecule has 2 atom stereocenters. The van der Waals surface area contributed by atoms with E-state index in [1.807, 2.05) is 0 Å². The minimum absolute atomic E-state index is 0.0987. The lowest BCUT2D eigenvalue weighted by Crippen LogP contribution is -2.49. The number of nitrogens with zero attached hydrogens (tertiary/aromatic N) is 2. The molecule has 1 amide bonds. The molecule has 124 valence electrons. The number of carbonyl (C=O) groups excluding carboxylic acids is 1. The lowest BCUT2D eigenvalue weighted by Gasteiger charge is -2.37. The molecule has 0 radical (unpaired) electrons. The van der Waals surface area contributed by atoms with Crippen LogP contribution in [-0.4, -0.2) is 39.4 Å². The number of carbonyl (C=O) groups is 2. The molecule has 1 aromatic carbocycles. The molecule has 1 aliphatic rings. The number of rotatable bonds is 3. The fourth-order valence-corrected chi connectivity index (χ4v) is 3.18. The normalized spacial score (nSPS) is 21.1. The van der Waals surface area contributed by atoms with Crippen LogP contribution >= 0.6 is 0 Å². The van der Waals surface area contributed by atoms with E-state index in [4.69, 9.17) is 0 Å². The van der Waals surface area contributed by atoms with Crippen molar-refractivity contribution < 1.29 is 19.6 Å². The molecule has 0 aliphatic carbocycles. The maximum Gasteiger partial charge on any atom is 0.308 e. The Morgan fingerprint density at radius 2 is 1.96 bits per heavy atom. The molecule has 0 unspecified atom stereocenters. The van der Waals surface area contributed by atoms with E-state index in [1.54, 1.807) is 26.8 Å². The van der Waals surface area contributed by atoms with Crippen LogP contribution in [0, 0.1) is 29.9 Å². The maximum absolute atomic E-state index is 12.8. The molecule has 1 saturated heterocycles. The lowest BCUT2D eigenvalue weighted by atomic mass is 9.89. The van der Waals surface area contributed by atoms with E-state index in [2.05, 4.69) is 0 Å². The molecule has 7 nitrogen and oxygen atoms in total. The first-order chi connectivity index (χ1) is 10.7. The van der Waals surface area contributed by atoms with Gasteiger partial charge in [-0.05, 0) is 45.2 Å². The molecule has 0 spiro atoms. The van der Waals surface area contributed by atoms with Gasteiger partial charge in [0.15, 0.2) is 0 Å². The van der Waals surface area contributed by atoms with Gasteiger partial charge in [-0.1, -0.05) is 0 Å². The van der Waals surface area contributed by atoms with Gasteiger partial charge in [0.2, 0.25) is 0 Å². The Kier molecular flexibility index (Phi) is 4.68. The summed E-state index contributed by atoms with van der Waals surface area (Å²) < 4.78 is 0. The van der Waals surface area contributed by atoms with Crippen LogP contribution in [0.5, 0.6) is 0 Å². The third-order valence-corrected chi connectivity index (χ3v) is 4.54. The number of likely N-dealkylation sites (tertiary alicyclic amines) is 1. The van der Waals surface area contributed by atoms with E-state index in [-0.39, 0.29) is 17.2 Å². The molecule has 0 saturated carbocycles.